The van der Waals surface area contributed by atoms with E-state index in [1.807, 2.05) is 0 Å². The van der Waals surface area contributed by atoms with E-state index in [9.17, 15) is 25.5 Å². The summed E-state index contributed by atoms with van der Waals surface area (Å²) in [7, 11) is 0. The van der Waals surface area contributed by atoms with Crippen LogP contribution in [-0.4, -0.2) is 105 Å². The van der Waals surface area contributed by atoms with Crippen molar-refractivity contribution in [2.75, 3.05) is 13.2 Å². The van der Waals surface area contributed by atoms with Crippen LogP contribution in [0.2, 0.25) is 0 Å². The first-order chi connectivity index (χ1) is 10.8. The summed E-state index contributed by atoms with van der Waals surface area (Å²) in [6.07, 6.45) is -10.4. The smallest absolute Gasteiger partial charge is 0.175 e. The number of hydrogen-bond donors (Lipinski definition) is 8. The lowest BCUT2D eigenvalue weighted by Crippen LogP contribution is -2.64. The Labute approximate surface area is 132 Å². The standard InChI is InChI=1S/C12H24N2O9/c13-5-9(18)8(17)4(22-11(5)20)2-21-12-6(14)10(19)7(16)3(1-15)23-12/h3-12,15-20H,1-2,13-14H2/t3?,4?,5?,6?,7-,8-,9?,10?,11+,12-/m1/s1. The summed E-state index contributed by atoms with van der Waals surface area (Å²) in [5.74, 6) is 0. The minimum Gasteiger partial charge on any atom is -0.394 e. The first-order valence-corrected chi connectivity index (χ1v) is 7.22. The molecule has 10 N–H and O–H groups in total. The maximum absolute atomic E-state index is 9.87. The predicted molar refractivity (Wildman–Crippen MR) is 72.6 cm³/mol. The molecule has 2 fully saturated rings. The molecule has 0 radical (unpaired) electrons. The zero-order chi connectivity index (χ0) is 17.3. The van der Waals surface area contributed by atoms with Crippen molar-refractivity contribution in [3.05, 3.63) is 0 Å². The Hall–Kier alpha value is -0.440. The molecule has 0 aromatic heterocycles. The maximum Gasteiger partial charge on any atom is 0.175 e. The van der Waals surface area contributed by atoms with Gasteiger partial charge in [-0.25, -0.2) is 0 Å². The number of nitrogens with two attached hydrogens (primary N) is 2. The van der Waals surface area contributed by atoms with Crippen LogP contribution >= 0.6 is 0 Å². The van der Waals surface area contributed by atoms with Gasteiger partial charge in [0.15, 0.2) is 12.6 Å². The van der Waals surface area contributed by atoms with Crippen LogP contribution in [0.1, 0.15) is 0 Å². The summed E-state index contributed by atoms with van der Waals surface area (Å²) in [6, 6.07) is -2.27. The molecule has 2 rings (SSSR count). The molecule has 10 atom stereocenters. The van der Waals surface area contributed by atoms with E-state index in [1.54, 1.807) is 0 Å². The molecule has 2 aliphatic heterocycles. The fourth-order valence-corrected chi connectivity index (χ4v) is 2.55. The molecule has 0 amide bonds. The van der Waals surface area contributed by atoms with Gasteiger partial charge in [0.1, 0.15) is 36.6 Å². The summed E-state index contributed by atoms with van der Waals surface area (Å²) in [5, 5.41) is 57.7. The van der Waals surface area contributed by atoms with Crippen LogP contribution in [-0.2, 0) is 14.2 Å². The van der Waals surface area contributed by atoms with Crippen molar-refractivity contribution in [1.82, 2.24) is 0 Å². The molecular formula is C12H24N2O9. The molecule has 2 saturated heterocycles. The van der Waals surface area contributed by atoms with E-state index >= 15 is 0 Å². The molecule has 0 aliphatic carbocycles. The van der Waals surface area contributed by atoms with E-state index in [0.717, 1.165) is 0 Å². The number of ether oxygens (including phenoxy) is 3. The van der Waals surface area contributed by atoms with E-state index in [4.69, 9.17) is 30.8 Å². The van der Waals surface area contributed by atoms with Crippen molar-refractivity contribution in [3.8, 4) is 0 Å². The maximum atomic E-state index is 9.87. The minimum absolute atomic E-state index is 0.332. The third kappa shape index (κ3) is 3.81. The number of aliphatic hydroxyl groups excluding tert-OH is 6. The highest BCUT2D eigenvalue weighted by atomic mass is 16.7. The van der Waals surface area contributed by atoms with Crippen LogP contribution in [0.5, 0.6) is 0 Å². The second-order valence-corrected chi connectivity index (χ2v) is 5.74. The Kier molecular flexibility index (Phi) is 6.27. The van der Waals surface area contributed by atoms with Crippen molar-refractivity contribution < 1.29 is 44.8 Å². The van der Waals surface area contributed by atoms with Gasteiger partial charge in [-0.05, 0) is 0 Å². The molecule has 6 unspecified atom stereocenters. The third-order valence-corrected chi connectivity index (χ3v) is 4.12. The first-order valence-electron chi connectivity index (χ1n) is 7.22. The number of rotatable bonds is 4. The minimum atomic E-state index is -1.49. The van der Waals surface area contributed by atoms with Gasteiger partial charge in [0.25, 0.3) is 0 Å². The van der Waals surface area contributed by atoms with Gasteiger partial charge in [0.2, 0.25) is 0 Å². The fourth-order valence-electron chi connectivity index (χ4n) is 2.55. The molecule has 0 aromatic carbocycles. The van der Waals surface area contributed by atoms with E-state index < -0.39 is 67.9 Å². The topological polar surface area (TPSA) is 201 Å². The highest BCUT2D eigenvalue weighted by Gasteiger charge is 2.45. The summed E-state index contributed by atoms with van der Waals surface area (Å²) >= 11 is 0. The molecule has 0 bridgehead atoms. The lowest BCUT2D eigenvalue weighted by molar-refractivity contribution is -0.294. The van der Waals surface area contributed by atoms with Crippen LogP contribution in [0.4, 0.5) is 0 Å². The van der Waals surface area contributed by atoms with Gasteiger partial charge in [-0.1, -0.05) is 0 Å². The SMILES string of the molecule is NC1C(O)[C@H](O)C(CO)O[C@H]1OCC1O[C@H](O)C(N)C(O)[C@@H]1O. The summed E-state index contributed by atoms with van der Waals surface area (Å²) < 4.78 is 15.6. The number of hydrogen-bond acceptors (Lipinski definition) is 11. The van der Waals surface area contributed by atoms with Gasteiger partial charge in [-0.2, -0.15) is 0 Å². The Bertz CT molecular complexity index is 388. The van der Waals surface area contributed by atoms with E-state index in [-0.39, 0.29) is 6.61 Å². The monoisotopic (exact) mass is 340 g/mol. The first kappa shape index (κ1) is 18.9. The highest BCUT2D eigenvalue weighted by Crippen LogP contribution is 2.23. The quantitative estimate of drug-likeness (QED) is 0.242. The molecule has 23 heavy (non-hydrogen) atoms. The van der Waals surface area contributed by atoms with Crippen molar-refractivity contribution in [1.29, 1.82) is 0 Å². The van der Waals surface area contributed by atoms with Gasteiger partial charge < -0.3 is 56.3 Å². The van der Waals surface area contributed by atoms with E-state index in [0.29, 0.717) is 0 Å². The zero-order valence-corrected chi connectivity index (χ0v) is 12.3. The van der Waals surface area contributed by atoms with E-state index in [2.05, 4.69) is 0 Å². The molecule has 11 heteroatoms. The van der Waals surface area contributed by atoms with Gasteiger partial charge in [0, 0.05) is 0 Å². The summed E-state index contributed by atoms with van der Waals surface area (Å²) in [5.41, 5.74) is 11.1. The van der Waals surface area contributed by atoms with Crippen LogP contribution in [0.25, 0.3) is 0 Å². The summed E-state index contributed by atoms with van der Waals surface area (Å²) in [4.78, 5) is 0. The molecule has 0 saturated carbocycles. The summed E-state index contributed by atoms with van der Waals surface area (Å²) in [6.45, 7) is -0.888. The average molecular weight is 340 g/mol. The van der Waals surface area contributed by atoms with Gasteiger partial charge >= 0.3 is 0 Å². The Morgan fingerprint density at radius 1 is 0.783 bits per heavy atom. The Morgan fingerprint density at radius 2 is 1.35 bits per heavy atom. The molecule has 0 spiro atoms. The molecule has 2 aliphatic rings. The average Bonchev–Trinajstić information content (AvgIpc) is 2.54. The third-order valence-electron chi connectivity index (χ3n) is 4.12. The van der Waals surface area contributed by atoms with Crippen molar-refractivity contribution >= 4 is 0 Å². The molecule has 11 nitrogen and oxygen atoms in total. The number of aliphatic hydroxyl groups is 6. The van der Waals surface area contributed by atoms with E-state index in [1.165, 1.54) is 0 Å². The molecule has 136 valence electrons. The lowest BCUT2D eigenvalue weighted by atomic mass is 9.97. The predicted octanol–water partition coefficient (Wildman–Crippen LogP) is -5.46. The van der Waals surface area contributed by atoms with Gasteiger partial charge in [0.05, 0.1) is 25.3 Å². The van der Waals surface area contributed by atoms with Crippen LogP contribution < -0.4 is 11.5 Å². The fraction of sp³-hybridized carbons (Fsp3) is 1.00. The zero-order valence-electron chi connectivity index (χ0n) is 12.3. The Balaban J connectivity index is 1.94. The van der Waals surface area contributed by atoms with Crippen LogP contribution in [0.15, 0.2) is 0 Å². The lowest BCUT2D eigenvalue weighted by Gasteiger charge is -2.42. The molecule has 0 aromatic rings. The normalized spacial score (nSPS) is 51.7. The second kappa shape index (κ2) is 7.63. The molecular weight excluding hydrogens is 316 g/mol. The van der Waals surface area contributed by atoms with Gasteiger partial charge in [-0.15, -0.1) is 0 Å². The molecule has 2 heterocycles. The largest absolute Gasteiger partial charge is 0.394 e. The van der Waals surface area contributed by atoms with Crippen LogP contribution in [0, 0.1) is 0 Å². The highest BCUT2D eigenvalue weighted by molar-refractivity contribution is 4.93. The van der Waals surface area contributed by atoms with Crippen molar-refractivity contribution in [2.24, 2.45) is 11.5 Å². The van der Waals surface area contributed by atoms with Crippen molar-refractivity contribution in [3.63, 3.8) is 0 Å². The Morgan fingerprint density at radius 3 is 1.96 bits per heavy atom. The second-order valence-electron chi connectivity index (χ2n) is 5.74. The van der Waals surface area contributed by atoms with Crippen LogP contribution in [0.3, 0.4) is 0 Å². The van der Waals surface area contributed by atoms with Gasteiger partial charge in [-0.3, -0.25) is 0 Å². The van der Waals surface area contributed by atoms with Crippen molar-refractivity contribution in [2.45, 2.75) is 61.3 Å².